The first-order valence-electron chi connectivity index (χ1n) is 4.01. The Bertz CT molecular complexity index is 342. The predicted octanol–water partition coefficient (Wildman–Crippen LogP) is 1.46. The van der Waals surface area contributed by atoms with E-state index in [1.165, 1.54) is 19.2 Å². The average molecular weight is 198 g/mol. The van der Waals surface area contributed by atoms with Gasteiger partial charge in [-0.15, -0.1) is 0 Å². The van der Waals surface area contributed by atoms with Gasteiger partial charge >= 0.3 is 6.09 Å². The quantitative estimate of drug-likeness (QED) is 0.756. The Hall–Kier alpha value is -1.62. The van der Waals surface area contributed by atoms with E-state index < -0.39 is 11.9 Å². The number of hydrogen-bond donors (Lipinski definition) is 2. The van der Waals surface area contributed by atoms with Crippen molar-refractivity contribution in [2.45, 2.75) is 6.54 Å². The van der Waals surface area contributed by atoms with Gasteiger partial charge in [0.2, 0.25) is 0 Å². The van der Waals surface area contributed by atoms with Crippen molar-refractivity contribution in [2.24, 2.45) is 5.73 Å². The fourth-order valence-corrected chi connectivity index (χ4v) is 0.956. The normalized spacial score (nSPS) is 9.64. The zero-order valence-electron chi connectivity index (χ0n) is 7.71. The van der Waals surface area contributed by atoms with Crippen LogP contribution < -0.4 is 11.1 Å². The van der Waals surface area contributed by atoms with E-state index in [-0.39, 0.29) is 12.2 Å². The molecule has 3 N–H and O–H groups in total. The van der Waals surface area contributed by atoms with Crippen molar-refractivity contribution in [3.8, 4) is 0 Å². The van der Waals surface area contributed by atoms with E-state index in [1.54, 1.807) is 6.07 Å². The van der Waals surface area contributed by atoms with E-state index in [0.29, 0.717) is 0 Å². The second-order valence-electron chi connectivity index (χ2n) is 2.63. The van der Waals surface area contributed by atoms with Gasteiger partial charge in [0.25, 0.3) is 0 Å². The van der Waals surface area contributed by atoms with Crippen LogP contribution >= 0.6 is 0 Å². The molecule has 0 fully saturated rings. The van der Waals surface area contributed by atoms with Gasteiger partial charge in [0, 0.05) is 6.54 Å². The van der Waals surface area contributed by atoms with Crippen molar-refractivity contribution < 1.29 is 13.9 Å². The summed E-state index contributed by atoms with van der Waals surface area (Å²) in [5, 5.41) is 2.24. The van der Waals surface area contributed by atoms with Crippen LogP contribution in [-0.2, 0) is 11.3 Å². The second kappa shape index (κ2) is 4.57. The highest BCUT2D eigenvalue weighted by Crippen LogP contribution is 2.15. The number of halogens is 1. The minimum absolute atomic E-state index is 0.0693. The van der Waals surface area contributed by atoms with Gasteiger partial charge in [-0.3, -0.25) is 5.32 Å². The maximum Gasteiger partial charge on any atom is 0.411 e. The third kappa shape index (κ3) is 2.43. The number of hydrogen-bond acceptors (Lipinski definition) is 3. The summed E-state index contributed by atoms with van der Waals surface area (Å²) in [7, 11) is 1.21. The van der Waals surface area contributed by atoms with Gasteiger partial charge in [-0.2, -0.15) is 0 Å². The highest BCUT2D eigenvalue weighted by molar-refractivity contribution is 5.84. The lowest BCUT2D eigenvalue weighted by atomic mass is 10.2. The fraction of sp³-hybridized carbons (Fsp3) is 0.222. The maximum absolute atomic E-state index is 13.1. The molecule has 76 valence electrons. The first-order chi connectivity index (χ1) is 6.67. The summed E-state index contributed by atoms with van der Waals surface area (Å²) < 4.78 is 17.4. The highest BCUT2D eigenvalue weighted by atomic mass is 19.1. The Morgan fingerprint density at radius 1 is 1.64 bits per heavy atom. The summed E-state index contributed by atoms with van der Waals surface area (Å²) in [6.45, 7) is 0.288. The van der Waals surface area contributed by atoms with Crippen LogP contribution in [0.3, 0.4) is 0 Å². The molecule has 1 aromatic carbocycles. The summed E-state index contributed by atoms with van der Waals surface area (Å²) in [6.07, 6.45) is -0.710. The molecular weight excluding hydrogens is 187 g/mol. The van der Waals surface area contributed by atoms with E-state index in [0.717, 1.165) is 5.56 Å². The number of carbonyl (C=O) groups is 1. The number of benzene rings is 1. The third-order valence-corrected chi connectivity index (χ3v) is 1.69. The number of rotatable bonds is 2. The molecule has 0 radical (unpaired) electrons. The largest absolute Gasteiger partial charge is 0.453 e. The molecule has 5 heteroatoms. The van der Waals surface area contributed by atoms with Gasteiger partial charge < -0.3 is 10.5 Å². The summed E-state index contributed by atoms with van der Waals surface area (Å²) >= 11 is 0. The van der Waals surface area contributed by atoms with E-state index >= 15 is 0 Å². The first kappa shape index (κ1) is 10.5. The molecule has 4 nitrogen and oxygen atoms in total. The summed E-state index contributed by atoms with van der Waals surface area (Å²) in [5.74, 6) is -0.521. The molecule has 1 aromatic rings. The standard InChI is InChI=1S/C9H11FN2O2/c1-14-9(13)12-8-4-6(5-11)2-3-7(8)10/h2-4H,5,11H2,1H3,(H,12,13). The lowest BCUT2D eigenvalue weighted by molar-refractivity contribution is 0.187. The number of ether oxygens (including phenoxy) is 1. The first-order valence-corrected chi connectivity index (χ1v) is 4.01. The smallest absolute Gasteiger partial charge is 0.411 e. The third-order valence-electron chi connectivity index (χ3n) is 1.69. The molecule has 0 aliphatic carbocycles. The molecule has 0 bridgehead atoms. The molecule has 0 saturated heterocycles. The van der Waals surface area contributed by atoms with Crippen LogP contribution in [0.5, 0.6) is 0 Å². The van der Waals surface area contributed by atoms with Crippen LogP contribution in [0.1, 0.15) is 5.56 Å². The predicted molar refractivity (Wildman–Crippen MR) is 50.3 cm³/mol. The van der Waals surface area contributed by atoms with E-state index in [1.807, 2.05) is 0 Å². The zero-order valence-corrected chi connectivity index (χ0v) is 7.71. The summed E-state index contributed by atoms with van der Waals surface area (Å²) in [6, 6.07) is 4.26. The van der Waals surface area contributed by atoms with Crippen LogP contribution in [0.25, 0.3) is 0 Å². The molecule has 0 heterocycles. The lowest BCUT2D eigenvalue weighted by Crippen LogP contribution is -2.12. The topological polar surface area (TPSA) is 64.3 Å². The van der Waals surface area contributed by atoms with E-state index in [2.05, 4.69) is 10.1 Å². The van der Waals surface area contributed by atoms with Gasteiger partial charge in [-0.05, 0) is 17.7 Å². The molecule has 0 aliphatic heterocycles. The summed E-state index contributed by atoms with van der Waals surface area (Å²) in [5.41, 5.74) is 6.17. The van der Waals surface area contributed by atoms with Gasteiger partial charge in [-0.1, -0.05) is 6.07 Å². The molecule has 1 rings (SSSR count). The number of nitrogens with two attached hydrogens (primary N) is 1. The number of amides is 1. The van der Waals surface area contributed by atoms with E-state index in [4.69, 9.17) is 5.73 Å². The van der Waals surface area contributed by atoms with Crippen molar-refractivity contribution in [3.63, 3.8) is 0 Å². The Kier molecular flexibility index (Phi) is 3.41. The molecule has 14 heavy (non-hydrogen) atoms. The highest BCUT2D eigenvalue weighted by Gasteiger charge is 2.06. The molecule has 0 aliphatic rings. The van der Waals surface area contributed by atoms with Crippen molar-refractivity contribution in [3.05, 3.63) is 29.6 Å². The second-order valence-corrected chi connectivity index (χ2v) is 2.63. The minimum Gasteiger partial charge on any atom is -0.453 e. The van der Waals surface area contributed by atoms with Crippen molar-refractivity contribution >= 4 is 11.8 Å². The van der Waals surface area contributed by atoms with Gasteiger partial charge in [0.15, 0.2) is 0 Å². The zero-order chi connectivity index (χ0) is 10.6. The molecule has 0 spiro atoms. The van der Waals surface area contributed by atoms with Crippen molar-refractivity contribution in [1.29, 1.82) is 0 Å². The molecule has 0 atom stereocenters. The number of methoxy groups -OCH3 is 1. The Balaban J connectivity index is 2.89. The van der Waals surface area contributed by atoms with E-state index in [9.17, 15) is 9.18 Å². The van der Waals surface area contributed by atoms with Crippen molar-refractivity contribution in [2.75, 3.05) is 12.4 Å². The number of nitrogens with one attached hydrogen (secondary N) is 1. The fourth-order valence-electron chi connectivity index (χ4n) is 0.956. The molecule has 0 aromatic heterocycles. The Labute approximate surface area is 80.9 Å². The Morgan fingerprint density at radius 2 is 2.36 bits per heavy atom. The lowest BCUT2D eigenvalue weighted by Gasteiger charge is -2.06. The van der Waals surface area contributed by atoms with Crippen LogP contribution in [0.15, 0.2) is 18.2 Å². The molecule has 1 amide bonds. The van der Waals surface area contributed by atoms with Gasteiger partial charge in [0.05, 0.1) is 12.8 Å². The maximum atomic E-state index is 13.1. The van der Waals surface area contributed by atoms with Gasteiger partial charge in [0.1, 0.15) is 5.82 Å². The van der Waals surface area contributed by atoms with Crippen LogP contribution in [0.2, 0.25) is 0 Å². The molecular formula is C9H11FN2O2. The van der Waals surface area contributed by atoms with Crippen molar-refractivity contribution in [1.82, 2.24) is 0 Å². The Morgan fingerprint density at radius 3 is 2.93 bits per heavy atom. The van der Waals surface area contributed by atoms with Crippen LogP contribution in [0, 0.1) is 5.82 Å². The molecule has 0 saturated carbocycles. The average Bonchev–Trinajstić information content (AvgIpc) is 2.21. The van der Waals surface area contributed by atoms with Crippen LogP contribution in [-0.4, -0.2) is 13.2 Å². The SMILES string of the molecule is COC(=O)Nc1cc(CN)ccc1F. The number of anilines is 1. The summed E-state index contributed by atoms with van der Waals surface area (Å²) in [4.78, 5) is 10.8. The van der Waals surface area contributed by atoms with Crippen LogP contribution in [0.4, 0.5) is 14.9 Å². The monoisotopic (exact) mass is 198 g/mol. The minimum atomic E-state index is -0.710. The van der Waals surface area contributed by atoms with Gasteiger partial charge in [-0.25, -0.2) is 9.18 Å². The number of carbonyl (C=O) groups excluding carboxylic acids is 1. The molecule has 0 unspecified atom stereocenters.